The van der Waals surface area contributed by atoms with Gasteiger partial charge in [0.25, 0.3) is 0 Å². The van der Waals surface area contributed by atoms with Gasteiger partial charge in [0.05, 0.1) is 6.61 Å². The Bertz CT molecular complexity index is 963. The molecule has 0 fully saturated rings. The second kappa shape index (κ2) is 58.0. The molecule has 0 aliphatic heterocycles. The summed E-state index contributed by atoms with van der Waals surface area (Å²) in [5.74, 6) is -0.371. The Hall–Kier alpha value is -1.36. The normalized spacial score (nSPS) is 12.1. The van der Waals surface area contributed by atoms with Gasteiger partial charge in [-0.3, -0.25) is 9.59 Å². The smallest absolute Gasteiger partial charge is 0.306 e. The lowest BCUT2D eigenvalue weighted by atomic mass is 10.0. The van der Waals surface area contributed by atoms with Crippen LogP contribution in [-0.2, 0) is 23.8 Å². The average molecular weight is 932 g/mol. The van der Waals surface area contributed by atoms with Crippen molar-refractivity contribution in [2.24, 2.45) is 0 Å². The molecule has 5 heteroatoms. The van der Waals surface area contributed by atoms with Crippen LogP contribution in [0, 0.1) is 0 Å². The van der Waals surface area contributed by atoms with Crippen molar-refractivity contribution in [3.63, 3.8) is 0 Å². The van der Waals surface area contributed by atoms with Crippen LogP contribution in [-0.4, -0.2) is 37.9 Å². The van der Waals surface area contributed by atoms with Crippen LogP contribution in [0.25, 0.3) is 0 Å². The highest BCUT2D eigenvalue weighted by Gasteiger charge is 2.18. The average Bonchev–Trinajstić information content (AvgIpc) is 3.32. The lowest BCUT2D eigenvalue weighted by molar-refractivity contribution is -0.163. The fourth-order valence-corrected chi connectivity index (χ4v) is 9.27. The van der Waals surface area contributed by atoms with Crippen LogP contribution in [0.2, 0.25) is 0 Å². The van der Waals surface area contributed by atoms with Gasteiger partial charge in [0.2, 0.25) is 0 Å². The van der Waals surface area contributed by atoms with Crippen molar-refractivity contribution in [3.05, 3.63) is 12.2 Å². The van der Waals surface area contributed by atoms with Crippen LogP contribution in [0.15, 0.2) is 12.2 Å². The summed E-state index contributed by atoms with van der Waals surface area (Å²) in [4.78, 5) is 25.5. The van der Waals surface area contributed by atoms with Gasteiger partial charge in [-0.1, -0.05) is 296 Å². The van der Waals surface area contributed by atoms with Gasteiger partial charge in [-0.2, -0.15) is 0 Å². The zero-order chi connectivity index (χ0) is 47.7. The van der Waals surface area contributed by atoms with Crippen LogP contribution in [0.4, 0.5) is 0 Å². The molecule has 0 aliphatic rings. The van der Waals surface area contributed by atoms with Crippen molar-refractivity contribution >= 4 is 11.9 Å². The summed E-state index contributed by atoms with van der Waals surface area (Å²) in [5.41, 5.74) is 0. The van der Waals surface area contributed by atoms with E-state index in [4.69, 9.17) is 14.2 Å². The van der Waals surface area contributed by atoms with E-state index in [0.29, 0.717) is 26.1 Å². The first-order valence-electron chi connectivity index (χ1n) is 30.2. The van der Waals surface area contributed by atoms with Crippen molar-refractivity contribution in [1.82, 2.24) is 0 Å². The molecule has 1 atom stereocenters. The lowest BCUT2D eigenvalue weighted by Crippen LogP contribution is -2.30. The van der Waals surface area contributed by atoms with E-state index in [1.54, 1.807) is 0 Å². The fraction of sp³-hybridized carbons (Fsp3) is 0.934. The molecule has 5 nitrogen and oxygen atoms in total. The molecule has 0 aromatic rings. The predicted molar refractivity (Wildman–Crippen MR) is 289 cm³/mol. The third kappa shape index (κ3) is 55.2. The first-order valence-corrected chi connectivity index (χ1v) is 30.2. The van der Waals surface area contributed by atoms with Gasteiger partial charge in [-0.05, 0) is 44.9 Å². The minimum atomic E-state index is -0.528. The molecule has 0 spiro atoms. The molecule has 1 unspecified atom stereocenters. The van der Waals surface area contributed by atoms with E-state index in [1.807, 2.05) is 0 Å². The third-order valence-corrected chi connectivity index (χ3v) is 13.8. The number of ether oxygens (including phenoxy) is 3. The molecule has 0 amide bonds. The Labute approximate surface area is 414 Å². The SMILES string of the molecule is CCCCCCCC/C=C\CCCCCCCCCCCC(=O)OCC(COCCCCCCCCCCCCCCCCCC)OC(=O)CCCCCCCCCCCCCCCCC. The van der Waals surface area contributed by atoms with Gasteiger partial charge in [0, 0.05) is 19.4 Å². The van der Waals surface area contributed by atoms with Gasteiger partial charge >= 0.3 is 11.9 Å². The van der Waals surface area contributed by atoms with E-state index < -0.39 is 6.10 Å². The van der Waals surface area contributed by atoms with Gasteiger partial charge < -0.3 is 14.2 Å². The van der Waals surface area contributed by atoms with Crippen LogP contribution < -0.4 is 0 Å². The zero-order valence-corrected chi connectivity index (χ0v) is 45.2. The molecule has 0 heterocycles. The number of unbranched alkanes of at least 4 members (excludes halogenated alkanes) is 44. The number of carbonyl (C=O) groups is 2. The van der Waals surface area contributed by atoms with E-state index in [1.165, 1.54) is 276 Å². The highest BCUT2D eigenvalue weighted by molar-refractivity contribution is 5.70. The van der Waals surface area contributed by atoms with Crippen LogP contribution in [0.5, 0.6) is 0 Å². The van der Waals surface area contributed by atoms with Gasteiger partial charge in [-0.25, -0.2) is 0 Å². The summed E-state index contributed by atoms with van der Waals surface area (Å²) in [6.07, 6.45) is 68.1. The summed E-state index contributed by atoms with van der Waals surface area (Å²) >= 11 is 0. The second-order valence-corrected chi connectivity index (χ2v) is 20.6. The molecule has 0 aliphatic carbocycles. The van der Waals surface area contributed by atoms with E-state index in [0.717, 1.165) is 32.1 Å². The Morgan fingerprint density at radius 3 is 0.924 bits per heavy atom. The van der Waals surface area contributed by atoms with Gasteiger partial charge in [0.15, 0.2) is 6.10 Å². The van der Waals surface area contributed by atoms with Crippen LogP contribution in [0.1, 0.15) is 342 Å². The van der Waals surface area contributed by atoms with Crippen LogP contribution >= 0.6 is 0 Å². The Kier molecular flexibility index (Phi) is 56.8. The number of hydrogen-bond donors (Lipinski definition) is 0. The lowest BCUT2D eigenvalue weighted by Gasteiger charge is -2.18. The summed E-state index contributed by atoms with van der Waals surface area (Å²) in [6, 6.07) is 0. The van der Waals surface area contributed by atoms with Gasteiger partial charge in [0.1, 0.15) is 6.61 Å². The van der Waals surface area contributed by atoms with Crippen LogP contribution in [0.3, 0.4) is 0 Å². The van der Waals surface area contributed by atoms with E-state index in [2.05, 4.69) is 32.9 Å². The number of allylic oxidation sites excluding steroid dienone is 2. The summed E-state index contributed by atoms with van der Waals surface area (Å²) < 4.78 is 17.5. The minimum absolute atomic E-state index is 0.0945. The molecule has 392 valence electrons. The van der Waals surface area contributed by atoms with Crippen molar-refractivity contribution in [2.45, 2.75) is 348 Å². The molecular formula is C61H118O5. The molecule has 0 saturated carbocycles. The standard InChI is InChI=1S/C61H118O5/c1-4-7-10-13-16-19-22-25-28-30-31-32-34-36-39-42-45-48-51-54-60(62)65-58-59(57-64-56-53-50-47-44-41-38-35-29-26-23-20-17-14-11-8-5-2)66-61(63)55-52-49-46-43-40-37-33-27-24-21-18-15-12-9-6-3/h25,28,59H,4-24,26-27,29-58H2,1-3H3/b28-25-. The molecule has 0 aromatic heterocycles. The molecule has 0 N–H and O–H groups in total. The maximum absolute atomic E-state index is 12.9. The summed E-state index contributed by atoms with van der Waals surface area (Å²) in [6.45, 7) is 7.91. The van der Waals surface area contributed by atoms with E-state index >= 15 is 0 Å². The predicted octanol–water partition coefficient (Wildman–Crippen LogP) is 20.6. The van der Waals surface area contributed by atoms with Gasteiger partial charge in [-0.15, -0.1) is 0 Å². The molecule has 0 bridgehead atoms. The highest BCUT2D eigenvalue weighted by atomic mass is 16.6. The number of carbonyl (C=O) groups excluding carboxylic acids is 2. The third-order valence-electron chi connectivity index (χ3n) is 13.8. The second-order valence-electron chi connectivity index (χ2n) is 20.6. The molecule has 0 saturated heterocycles. The molecule has 66 heavy (non-hydrogen) atoms. The van der Waals surface area contributed by atoms with E-state index in [-0.39, 0.29) is 18.5 Å². The monoisotopic (exact) mass is 931 g/mol. The summed E-state index contributed by atoms with van der Waals surface area (Å²) in [7, 11) is 0. The zero-order valence-electron chi connectivity index (χ0n) is 45.2. The number of hydrogen-bond acceptors (Lipinski definition) is 5. The maximum atomic E-state index is 12.9. The quantitative estimate of drug-likeness (QED) is 0.0345. The first kappa shape index (κ1) is 64.6. The highest BCUT2D eigenvalue weighted by Crippen LogP contribution is 2.17. The van der Waals surface area contributed by atoms with Crippen molar-refractivity contribution < 1.29 is 23.8 Å². The minimum Gasteiger partial charge on any atom is -0.462 e. The first-order chi connectivity index (χ1) is 32.6. The Morgan fingerprint density at radius 1 is 0.318 bits per heavy atom. The van der Waals surface area contributed by atoms with E-state index in [9.17, 15) is 9.59 Å². The summed E-state index contributed by atoms with van der Waals surface area (Å²) in [5, 5.41) is 0. The molecular weight excluding hydrogens is 813 g/mol. The van der Waals surface area contributed by atoms with Crippen molar-refractivity contribution in [2.75, 3.05) is 19.8 Å². The Morgan fingerprint density at radius 2 is 0.591 bits per heavy atom. The topological polar surface area (TPSA) is 61.8 Å². The maximum Gasteiger partial charge on any atom is 0.306 e. The molecule has 0 aromatic carbocycles. The van der Waals surface area contributed by atoms with Crippen molar-refractivity contribution in [1.29, 1.82) is 0 Å². The number of rotatable bonds is 57. The van der Waals surface area contributed by atoms with Crippen molar-refractivity contribution in [3.8, 4) is 0 Å². The number of esters is 2. The molecule has 0 rings (SSSR count). The Balaban J connectivity index is 4.19. The fourth-order valence-electron chi connectivity index (χ4n) is 9.27. The largest absolute Gasteiger partial charge is 0.462 e. The molecule has 0 radical (unpaired) electrons.